The van der Waals surface area contributed by atoms with E-state index in [1.165, 1.54) is 80.0 Å². The minimum atomic E-state index is 0.371. The quantitative estimate of drug-likeness (QED) is 0.330. The summed E-state index contributed by atoms with van der Waals surface area (Å²) in [5.74, 6) is 4.54. The average Bonchev–Trinajstić information content (AvgIpc) is 2.71. The van der Waals surface area contributed by atoms with Gasteiger partial charge in [-0.15, -0.1) is 0 Å². The molecule has 0 spiro atoms. The maximum absolute atomic E-state index is 5.98. The van der Waals surface area contributed by atoms with Gasteiger partial charge in [-0.05, 0) is 79.5 Å². The van der Waals surface area contributed by atoms with Crippen LogP contribution in [0.5, 0.6) is 5.75 Å². The van der Waals surface area contributed by atoms with Gasteiger partial charge in [0.05, 0.1) is 6.10 Å². The van der Waals surface area contributed by atoms with Crippen molar-refractivity contribution in [1.82, 2.24) is 0 Å². The first-order valence-electron chi connectivity index (χ1n) is 13.9. The second-order valence-electron chi connectivity index (χ2n) is 11.6. The van der Waals surface area contributed by atoms with Crippen LogP contribution in [0.25, 0.3) is 0 Å². The van der Waals surface area contributed by atoms with Gasteiger partial charge in [-0.25, -0.2) is 0 Å². The Hall–Kier alpha value is -0.980. The third-order valence-corrected chi connectivity index (χ3v) is 7.29. The van der Waals surface area contributed by atoms with Gasteiger partial charge < -0.3 is 4.74 Å². The van der Waals surface area contributed by atoms with Crippen LogP contribution in [0.2, 0.25) is 0 Å². The summed E-state index contributed by atoms with van der Waals surface area (Å²) in [4.78, 5) is 0. The first-order chi connectivity index (χ1) is 15.1. The average molecular weight is 445 g/mol. The molecule has 0 radical (unpaired) electrons. The zero-order valence-electron chi connectivity index (χ0n) is 23.4. The molecule has 0 aliphatic carbocycles. The van der Waals surface area contributed by atoms with E-state index in [0.29, 0.717) is 12.0 Å². The third-order valence-electron chi connectivity index (χ3n) is 7.29. The molecule has 0 saturated carbocycles. The molecular weight excluding hydrogens is 388 g/mol. The van der Waals surface area contributed by atoms with E-state index >= 15 is 0 Å². The first kappa shape index (κ1) is 29.1. The lowest BCUT2D eigenvalue weighted by atomic mass is 9.88. The molecule has 186 valence electrons. The SMILES string of the molecule is CCCC(C)CCCC(C)CCCC(C)C.Cc1cc(C(C)C)c(C)c2c1O[C@@H](C)CC2. The fraction of sp³-hybridized carbons (Fsp3) is 0.806. The van der Waals surface area contributed by atoms with Crippen molar-refractivity contribution >= 4 is 0 Å². The van der Waals surface area contributed by atoms with E-state index < -0.39 is 0 Å². The van der Waals surface area contributed by atoms with E-state index in [1.54, 1.807) is 0 Å². The Kier molecular flexibility index (Phi) is 13.6. The molecule has 0 bridgehead atoms. The highest BCUT2D eigenvalue weighted by atomic mass is 16.5. The predicted molar refractivity (Wildman–Crippen MR) is 144 cm³/mol. The van der Waals surface area contributed by atoms with Crippen LogP contribution in [0.15, 0.2) is 6.07 Å². The van der Waals surface area contributed by atoms with E-state index in [1.807, 2.05) is 0 Å². The van der Waals surface area contributed by atoms with Crippen molar-refractivity contribution in [3.63, 3.8) is 0 Å². The smallest absolute Gasteiger partial charge is 0.126 e. The largest absolute Gasteiger partial charge is 0.490 e. The molecular formula is C31H56O. The maximum Gasteiger partial charge on any atom is 0.126 e. The molecule has 1 aliphatic heterocycles. The van der Waals surface area contributed by atoms with Crippen molar-refractivity contribution in [2.75, 3.05) is 0 Å². The summed E-state index contributed by atoms with van der Waals surface area (Å²) in [6.07, 6.45) is 14.1. The molecule has 0 N–H and O–H groups in total. The molecule has 0 amide bonds. The topological polar surface area (TPSA) is 9.23 Å². The van der Waals surface area contributed by atoms with E-state index in [0.717, 1.165) is 29.9 Å². The van der Waals surface area contributed by atoms with Crippen molar-refractivity contribution in [2.45, 2.75) is 145 Å². The summed E-state index contributed by atoms with van der Waals surface area (Å²) in [6.45, 7) is 22.9. The molecule has 2 unspecified atom stereocenters. The summed E-state index contributed by atoms with van der Waals surface area (Å²) >= 11 is 0. The van der Waals surface area contributed by atoms with Crippen LogP contribution in [-0.4, -0.2) is 6.10 Å². The molecule has 1 nitrogen and oxygen atoms in total. The van der Waals surface area contributed by atoms with Crippen molar-refractivity contribution in [1.29, 1.82) is 0 Å². The van der Waals surface area contributed by atoms with Crippen LogP contribution in [0, 0.1) is 31.6 Å². The highest BCUT2D eigenvalue weighted by Crippen LogP contribution is 2.37. The predicted octanol–water partition coefficient (Wildman–Crippen LogP) is 10.2. The Morgan fingerprint density at radius 2 is 1.44 bits per heavy atom. The van der Waals surface area contributed by atoms with Crippen LogP contribution >= 0.6 is 0 Å². The molecule has 1 aromatic rings. The second-order valence-corrected chi connectivity index (χ2v) is 11.6. The molecule has 0 aromatic heterocycles. The van der Waals surface area contributed by atoms with Gasteiger partial charge in [0.2, 0.25) is 0 Å². The van der Waals surface area contributed by atoms with Gasteiger partial charge in [0, 0.05) is 0 Å². The number of aryl methyl sites for hydroxylation is 1. The third kappa shape index (κ3) is 10.3. The first-order valence-corrected chi connectivity index (χ1v) is 13.9. The lowest BCUT2D eigenvalue weighted by Crippen LogP contribution is -2.21. The molecule has 0 fully saturated rings. The Balaban J connectivity index is 0.000000320. The fourth-order valence-electron chi connectivity index (χ4n) is 5.13. The molecule has 3 atom stereocenters. The van der Waals surface area contributed by atoms with Crippen LogP contribution < -0.4 is 4.74 Å². The van der Waals surface area contributed by atoms with Gasteiger partial charge in [-0.2, -0.15) is 0 Å². The Bertz CT molecular complexity index is 642. The standard InChI is InChI=1S/C16H34.C15H22O/c1-6-9-15(4)12-8-13-16(5)11-7-10-14(2)3;1-9(2)14-8-10(3)15-13(12(14)5)7-6-11(4)16-15/h14-16H,6-13H2,1-5H3;8-9,11H,6-7H2,1-5H3/t;11-/m.0/s1. The van der Waals surface area contributed by atoms with Gasteiger partial charge in [-0.1, -0.05) is 106 Å². The molecule has 1 aliphatic rings. The molecule has 1 aromatic carbocycles. The number of rotatable bonds is 11. The number of ether oxygens (including phenoxy) is 1. The van der Waals surface area contributed by atoms with Gasteiger partial charge >= 0.3 is 0 Å². The zero-order valence-corrected chi connectivity index (χ0v) is 23.4. The summed E-state index contributed by atoms with van der Waals surface area (Å²) in [5, 5.41) is 0. The molecule has 1 heteroatoms. The lowest BCUT2D eigenvalue weighted by Gasteiger charge is -2.28. The summed E-state index contributed by atoms with van der Waals surface area (Å²) in [7, 11) is 0. The minimum Gasteiger partial charge on any atom is -0.490 e. The van der Waals surface area contributed by atoms with Crippen LogP contribution in [-0.2, 0) is 6.42 Å². The summed E-state index contributed by atoms with van der Waals surface area (Å²) in [5.41, 5.74) is 5.68. The Labute approximate surface area is 202 Å². The van der Waals surface area contributed by atoms with Gasteiger partial charge in [0.1, 0.15) is 5.75 Å². The van der Waals surface area contributed by atoms with Crippen LogP contribution in [0.3, 0.4) is 0 Å². The minimum absolute atomic E-state index is 0.371. The number of hydrogen-bond donors (Lipinski definition) is 0. The van der Waals surface area contributed by atoms with E-state index in [4.69, 9.17) is 4.74 Å². The van der Waals surface area contributed by atoms with Gasteiger partial charge in [0.15, 0.2) is 0 Å². The van der Waals surface area contributed by atoms with Crippen molar-refractivity contribution < 1.29 is 4.74 Å². The van der Waals surface area contributed by atoms with Gasteiger partial charge in [0.25, 0.3) is 0 Å². The van der Waals surface area contributed by atoms with Crippen molar-refractivity contribution in [3.05, 3.63) is 28.3 Å². The Morgan fingerprint density at radius 1 is 0.875 bits per heavy atom. The normalized spacial score (nSPS) is 17.4. The van der Waals surface area contributed by atoms with Crippen molar-refractivity contribution in [2.24, 2.45) is 17.8 Å². The van der Waals surface area contributed by atoms with E-state index in [2.05, 4.69) is 75.3 Å². The van der Waals surface area contributed by atoms with Gasteiger partial charge in [-0.3, -0.25) is 0 Å². The highest BCUT2D eigenvalue weighted by Gasteiger charge is 2.22. The fourth-order valence-corrected chi connectivity index (χ4v) is 5.13. The van der Waals surface area contributed by atoms with E-state index in [9.17, 15) is 0 Å². The van der Waals surface area contributed by atoms with Crippen LogP contribution in [0.1, 0.15) is 141 Å². The number of benzene rings is 1. The molecule has 0 saturated heterocycles. The second kappa shape index (κ2) is 15.0. The maximum atomic E-state index is 5.98. The van der Waals surface area contributed by atoms with E-state index in [-0.39, 0.29) is 0 Å². The molecule has 32 heavy (non-hydrogen) atoms. The summed E-state index contributed by atoms with van der Waals surface area (Å²) in [6, 6.07) is 2.30. The van der Waals surface area contributed by atoms with Crippen LogP contribution in [0.4, 0.5) is 0 Å². The molecule has 2 rings (SSSR count). The Morgan fingerprint density at radius 3 is 1.97 bits per heavy atom. The lowest BCUT2D eigenvalue weighted by molar-refractivity contribution is 0.190. The number of fused-ring (bicyclic) bond motifs is 1. The monoisotopic (exact) mass is 444 g/mol. The van der Waals surface area contributed by atoms with Crippen molar-refractivity contribution in [3.8, 4) is 5.75 Å². The highest BCUT2D eigenvalue weighted by molar-refractivity contribution is 5.51. The number of hydrogen-bond acceptors (Lipinski definition) is 1. The summed E-state index contributed by atoms with van der Waals surface area (Å²) < 4.78 is 5.98. The zero-order chi connectivity index (χ0) is 24.3. The molecule has 1 heterocycles.